The Kier molecular flexibility index (Phi) is 5.74. The number of unbranched alkanes of at least 4 members (excludes halogenated alkanes) is 1. The molecule has 1 aromatic carbocycles. The number of benzene rings is 1. The molecule has 0 unspecified atom stereocenters. The van der Waals surface area contributed by atoms with E-state index in [0.717, 1.165) is 19.6 Å². The van der Waals surface area contributed by atoms with Crippen molar-refractivity contribution in [3.8, 4) is 0 Å². The largest absolute Gasteiger partial charge is 0.395 e. The summed E-state index contributed by atoms with van der Waals surface area (Å²) in [6.45, 7) is 7.00. The van der Waals surface area contributed by atoms with Crippen molar-refractivity contribution in [1.82, 2.24) is 9.80 Å². The summed E-state index contributed by atoms with van der Waals surface area (Å²) in [7, 11) is 0. The second-order valence-electron chi connectivity index (χ2n) is 8.20. The normalized spacial score (nSPS) is 20.8. The Labute approximate surface area is 153 Å². The van der Waals surface area contributed by atoms with Crippen LogP contribution in [0.15, 0.2) is 6.07 Å². The third-order valence-electron chi connectivity index (χ3n) is 6.63. The van der Waals surface area contributed by atoms with Crippen LogP contribution in [-0.4, -0.2) is 60.8 Å². The van der Waals surface area contributed by atoms with E-state index in [1.54, 1.807) is 27.8 Å². The first-order valence-electron chi connectivity index (χ1n) is 10.6. The number of hydrogen-bond acceptors (Lipinski definition) is 3. The molecule has 3 nitrogen and oxygen atoms in total. The zero-order valence-electron chi connectivity index (χ0n) is 15.7. The monoisotopic (exact) mass is 342 g/mol. The van der Waals surface area contributed by atoms with E-state index in [9.17, 15) is 0 Å². The average molecular weight is 343 g/mol. The van der Waals surface area contributed by atoms with Gasteiger partial charge < -0.3 is 10.0 Å². The van der Waals surface area contributed by atoms with Gasteiger partial charge in [0.15, 0.2) is 0 Å². The highest BCUT2D eigenvalue weighted by atomic mass is 16.3. The molecule has 4 rings (SSSR count). The highest BCUT2D eigenvalue weighted by Crippen LogP contribution is 2.35. The number of nitrogens with zero attached hydrogens (tertiary/aromatic N) is 2. The summed E-state index contributed by atoms with van der Waals surface area (Å²) < 4.78 is 0. The van der Waals surface area contributed by atoms with Crippen molar-refractivity contribution in [2.45, 2.75) is 57.8 Å². The Hall–Kier alpha value is -0.900. The third-order valence-corrected chi connectivity index (χ3v) is 6.63. The summed E-state index contributed by atoms with van der Waals surface area (Å²) in [5, 5.41) is 9.04. The molecular weight excluding hydrogens is 308 g/mol. The molecule has 0 bridgehead atoms. The van der Waals surface area contributed by atoms with Crippen molar-refractivity contribution in [1.29, 1.82) is 0 Å². The van der Waals surface area contributed by atoms with E-state index in [1.165, 1.54) is 77.4 Å². The number of hydrogen-bond donors (Lipinski definition) is 1. The minimum Gasteiger partial charge on any atom is -0.395 e. The van der Waals surface area contributed by atoms with Crippen LogP contribution in [0.25, 0.3) is 0 Å². The predicted molar refractivity (Wildman–Crippen MR) is 103 cm³/mol. The molecule has 3 heteroatoms. The van der Waals surface area contributed by atoms with Gasteiger partial charge in [-0.2, -0.15) is 0 Å². The number of β-amino-alcohol motifs (C(OH)–C–C–N with tert-alkyl or cyclic N) is 1. The molecule has 1 fully saturated rings. The molecule has 0 amide bonds. The van der Waals surface area contributed by atoms with E-state index in [2.05, 4.69) is 15.9 Å². The van der Waals surface area contributed by atoms with Crippen LogP contribution in [0.4, 0.5) is 0 Å². The number of rotatable bonds is 7. The summed E-state index contributed by atoms with van der Waals surface area (Å²) in [6, 6.07) is 2.56. The van der Waals surface area contributed by atoms with Crippen molar-refractivity contribution < 1.29 is 5.11 Å². The molecule has 0 aromatic heterocycles. The van der Waals surface area contributed by atoms with Crippen LogP contribution in [0, 0.1) is 0 Å². The second-order valence-corrected chi connectivity index (χ2v) is 8.20. The molecule has 1 aliphatic heterocycles. The van der Waals surface area contributed by atoms with Gasteiger partial charge in [0.05, 0.1) is 6.61 Å². The first kappa shape index (κ1) is 17.5. The highest BCUT2D eigenvalue weighted by Gasteiger charge is 2.23. The predicted octanol–water partition coefficient (Wildman–Crippen LogP) is 2.60. The molecule has 1 saturated heterocycles. The van der Waals surface area contributed by atoms with Gasteiger partial charge >= 0.3 is 0 Å². The van der Waals surface area contributed by atoms with Gasteiger partial charge in [-0.15, -0.1) is 0 Å². The molecule has 0 spiro atoms. The van der Waals surface area contributed by atoms with E-state index in [1.807, 2.05) is 0 Å². The summed E-state index contributed by atoms with van der Waals surface area (Å²) >= 11 is 0. The van der Waals surface area contributed by atoms with E-state index in [4.69, 9.17) is 5.11 Å². The quantitative estimate of drug-likeness (QED) is 0.772. The topological polar surface area (TPSA) is 26.7 Å². The number of fused-ring (bicyclic) bond motifs is 2. The van der Waals surface area contributed by atoms with Gasteiger partial charge in [0.25, 0.3) is 0 Å². The van der Waals surface area contributed by atoms with E-state index in [-0.39, 0.29) is 0 Å². The minimum absolute atomic E-state index is 0.297. The Bertz CT molecular complexity index is 558. The summed E-state index contributed by atoms with van der Waals surface area (Å²) in [5.74, 6) is 0. The van der Waals surface area contributed by atoms with Gasteiger partial charge in [-0.3, -0.25) is 4.90 Å². The van der Waals surface area contributed by atoms with Crippen LogP contribution < -0.4 is 0 Å². The van der Waals surface area contributed by atoms with Crippen molar-refractivity contribution >= 4 is 0 Å². The van der Waals surface area contributed by atoms with Crippen molar-refractivity contribution in [3.63, 3.8) is 0 Å². The lowest BCUT2D eigenvalue weighted by atomic mass is 9.91. The van der Waals surface area contributed by atoms with Crippen LogP contribution in [-0.2, 0) is 32.1 Å². The number of aryl methyl sites for hydroxylation is 2. The highest BCUT2D eigenvalue weighted by molar-refractivity contribution is 5.50. The van der Waals surface area contributed by atoms with Gasteiger partial charge in [-0.05, 0) is 92.1 Å². The molecule has 1 heterocycles. The van der Waals surface area contributed by atoms with Crippen LogP contribution >= 0.6 is 0 Å². The summed E-state index contributed by atoms with van der Waals surface area (Å²) in [4.78, 5) is 5.00. The third kappa shape index (κ3) is 3.94. The fourth-order valence-corrected chi connectivity index (χ4v) is 5.25. The number of aliphatic hydroxyl groups is 1. The molecule has 0 radical (unpaired) electrons. The fourth-order valence-electron chi connectivity index (χ4n) is 5.25. The Morgan fingerprint density at radius 3 is 1.96 bits per heavy atom. The van der Waals surface area contributed by atoms with Crippen LogP contribution in [0.3, 0.4) is 0 Å². The summed E-state index contributed by atoms with van der Waals surface area (Å²) in [5.41, 5.74) is 8.65. The SMILES string of the molecule is OCCN1CCN(CCCCc2c3c(cc4c2CCC4)CCC3)CC1. The Morgan fingerprint density at radius 2 is 1.36 bits per heavy atom. The van der Waals surface area contributed by atoms with Crippen LogP contribution in [0.5, 0.6) is 0 Å². The maximum Gasteiger partial charge on any atom is 0.0558 e. The van der Waals surface area contributed by atoms with Gasteiger partial charge in [0.2, 0.25) is 0 Å². The second kappa shape index (κ2) is 8.20. The molecule has 0 atom stereocenters. The number of piperazine rings is 1. The molecular formula is C22H34N2O. The van der Waals surface area contributed by atoms with E-state index in [0.29, 0.717) is 6.61 Å². The van der Waals surface area contributed by atoms with E-state index >= 15 is 0 Å². The Balaban J connectivity index is 1.27. The van der Waals surface area contributed by atoms with Crippen LogP contribution in [0.2, 0.25) is 0 Å². The number of aliphatic hydroxyl groups excluding tert-OH is 1. The van der Waals surface area contributed by atoms with Gasteiger partial charge in [-0.1, -0.05) is 6.07 Å². The van der Waals surface area contributed by atoms with E-state index < -0.39 is 0 Å². The lowest BCUT2D eigenvalue weighted by Gasteiger charge is -2.34. The molecule has 25 heavy (non-hydrogen) atoms. The van der Waals surface area contributed by atoms with Gasteiger partial charge in [-0.25, -0.2) is 0 Å². The van der Waals surface area contributed by atoms with Crippen molar-refractivity contribution in [2.75, 3.05) is 45.9 Å². The molecule has 0 saturated carbocycles. The van der Waals surface area contributed by atoms with Crippen molar-refractivity contribution in [2.24, 2.45) is 0 Å². The lowest BCUT2D eigenvalue weighted by Crippen LogP contribution is -2.47. The summed E-state index contributed by atoms with van der Waals surface area (Å²) in [6.07, 6.45) is 12.1. The molecule has 3 aliphatic rings. The smallest absolute Gasteiger partial charge is 0.0558 e. The molecule has 1 aromatic rings. The molecule has 2 aliphatic carbocycles. The standard InChI is InChI=1S/C22H34N2O/c25-16-15-24-13-11-23(12-14-24)10-2-1-7-22-20-8-3-5-18(20)17-19-6-4-9-21(19)22/h17,25H,1-16H2. The first-order valence-corrected chi connectivity index (χ1v) is 10.6. The molecule has 138 valence electrons. The van der Waals surface area contributed by atoms with Gasteiger partial charge in [0, 0.05) is 32.7 Å². The molecule has 1 N–H and O–H groups in total. The van der Waals surface area contributed by atoms with Crippen LogP contribution in [0.1, 0.15) is 53.5 Å². The minimum atomic E-state index is 0.297. The van der Waals surface area contributed by atoms with Crippen molar-refractivity contribution in [3.05, 3.63) is 33.9 Å². The zero-order chi connectivity index (χ0) is 17.1. The fraction of sp³-hybridized carbons (Fsp3) is 0.727. The zero-order valence-corrected chi connectivity index (χ0v) is 15.7. The maximum atomic E-state index is 9.04. The first-order chi connectivity index (χ1) is 12.3. The lowest BCUT2D eigenvalue weighted by molar-refractivity contribution is 0.111. The maximum absolute atomic E-state index is 9.04. The average Bonchev–Trinajstić information content (AvgIpc) is 3.28. The Morgan fingerprint density at radius 1 is 0.760 bits per heavy atom. The van der Waals surface area contributed by atoms with Gasteiger partial charge in [0.1, 0.15) is 0 Å².